The molecule has 1 heterocycles. The maximum Gasteiger partial charge on any atom is 0.309 e. The SMILES string of the molecule is C#CCC(=O)N1CCCC(C(C)(C)C(=O)O)C1. The smallest absolute Gasteiger partial charge is 0.309 e. The number of carboxylic acid groups (broad SMARTS) is 1. The van der Waals surface area contributed by atoms with Gasteiger partial charge in [0.25, 0.3) is 0 Å². The number of carbonyl (C=O) groups excluding carboxylic acids is 1. The molecule has 0 spiro atoms. The molecule has 94 valence electrons. The van der Waals surface area contributed by atoms with E-state index in [1.807, 2.05) is 0 Å². The van der Waals surface area contributed by atoms with Crippen molar-refractivity contribution in [1.82, 2.24) is 4.90 Å². The zero-order chi connectivity index (χ0) is 13.1. The molecule has 0 aromatic carbocycles. The average molecular weight is 237 g/mol. The van der Waals surface area contributed by atoms with Crippen molar-refractivity contribution in [2.75, 3.05) is 13.1 Å². The van der Waals surface area contributed by atoms with Crippen LogP contribution in [0.15, 0.2) is 0 Å². The van der Waals surface area contributed by atoms with E-state index < -0.39 is 11.4 Å². The number of aliphatic carboxylic acids is 1. The van der Waals surface area contributed by atoms with E-state index in [2.05, 4.69) is 5.92 Å². The molecule has 4 heteroatoms. The lowest BCUT2D eigenvalue weighted by Crippen LogP contribution is -2.46. The van der Waals surface area contributed by atoms with E-state index in [-0.39, 0.29) is 18.2 Å². The number of piperidine rings is 1. The van der Waals surface area contributed by atoms with Gasteiger partial charge in [-0.15, -0.1) is 6.42 Å². The fourth-order valence-electron chi connectivity index (χ4n) is 2.17. The molecule has 0 bridgehead atoms. The summed E-state index contributed by atoms with van der Waals surface area (Å²) in [7, 11) is 0. The van der Waals surface area contributed by atoms with Gasteiger partial charge in [-0.25, -0.2) is 0 Å². The summed E-state index contributed by atoms with van der Waals surface area (Å²) in [5.74, 6) is 1.45. The van der Waals surface area contributed by atoms with Gasteiger partial charge in [0.2, 0.25) is 5.91 Å². The van der Waals surface area contributed by atoms with Crippen LogP contribution in [-0.4, -0.2) is 35.0 Å². The molecular weight excluding hydrogens is 218 g/mol. The highest BCUT2D eigenvalue weighted by molar-refractivity contribution is 5.79. The fraction of sp³-hybridized carbons (Fsp3) is 0.692. The van der Waals surface area contributed by atoms with Crippen LogP contribution in [-0.2, 0) is 9.59 Å². The fourth-order valence-corrected chi connectivity index (χ4v) is 2.17. The van der Waals surface area contributed by atoms with E-state index in [1.165, 1.54) is 0 Å². The second-order valence-electron chi connectivity index (χ2n) is 5.09. The van der Waals surface area contributed by atoms with Gasteiger partial charge in [-0.05, 0) is 32.6 Å². The van der Waals surface area contributed by atoms with Crippen molar-refractivity contribution >= 4 is 11.9 Å². The lowest BCUT2D eigenvalue weighted by Gasteiger charge is -2.39. The molecule has 1 atom stereocenters. The van der Waals surface area contributed by atoms with Gasteiger partial charge in [-0.2, -0.15) is 0 Å². The van der Waals surface area contributed by atoms with Gasteiger partial charge in [0, 0.05) is 13.1 Å². The highest BCUT2D eigenvalue weighted by Gasteiger charge is 2.39. The van der Waals surface area contributed by atoms with Crippen molar-refractivity contribution in [2.45, 2.75) is 33.1 Å². The molecule has 1 fully saturated rings. The quantitative estimate of drug-likeness (QED) is 0.754. The Kier molecular flexibility index (Phi) is 4.17. The maximum atomic E-state index is 11.7. The minimum atomic E-state index is -0.811. The van der Waals surface area contributed by atoms with Crippen LogP contribution in [0.5, 0.6) is 0 Å². The van der Waals surface area contributed by atoms with Gasteiger partial charge in [0.1, 0.15) is 0 Å². The third-order valence-corrected chi connectivity index (χ3v) is 3.60. The van der Waals surface area contributed by atoms with E-state index in [1.54, 1.807) is 18.7 Å². The molecule has 1 saturated heterocycles. The Balaban J connectivity index is 2.70. The molecule has 1 unspecified atom stereocenters. The Morgan fingerprint density at radius 2 is 2.18 bits per heavy atom. The third-order valence-electron chi connectivity index (χ3n) is 3.60. The van der Waals surface area contributed by atoms with Crippen LogP contribution in [0.4, 0.5) is 0 Å². The molecular formula is C13H19NO3. The van der Waals surface area contributed by atoms with E-state index in [0.29, 0.717) is 13.1 Å². The first kappa shape index (κ1) is 13.6. The molecule has 1 amide bonds. The summed E-state index contributed by atoms with van der Waals surface area (Å²) in [5.41, 5.74) is -0.797. The van der Waals surface area contributed by atoms with Gasteiger partial charge < -0.3 is 10.0 Å². The van der Waals surface area contributed by atoms with E-state index in [9.17, 15) is 14.7 Å². The van der Waals surface area contributed by atoms with E-state index in [4.69, 9.17) is 6.42 Å². The number of hydrogen-bond donors (Lipinski definition) is 1. The molecule has 1 rings (SSSR count). The van der Waals surface area contributed by atoms with E-state index in [0.717, 1.165) is 12.8 Å². The number of carbonyl (C=O) groups is 2. The van der Waals surface area contributed by atoms with Crippen LogP contribution in [0.2, 0.25) is 0 Å². The molecule has 4 nitrogen and oxygen atoms in total. The summed E-state index contributed by atoms with van der Waals surface area (Å²) >= 11 is 0. The number of carboxylic acids is 1. The van der Waals surface area contributed by atoms with Gasteiger partial charge in [-0.3, -0.25) is 9.59 Å². The summed E-state index contributed by atoms with van der Waals surface area (Å²) in [6.45, 7) is 4.62. The number of amides is 1. The van der Waals surface area contributed by atoms with Crippen molar-refractivity contribution in [3.05, 3.63) is 0 Å². The molecule has 1 N–H and O–H groups in total. The number of nitrogens with zero attached hydrogens (tertiary/aromatic N) is 1. The predicted molar refractivity (Wildman–Crippen MR) is 64.2 cm³/mol. The van der Waals surface area contributed by atoms with Crippen molar-refractivity contribution in [3.63, 3.8) is 0 Å². The zero-order valence-electron chi connectivity index (χ0n) is 10.4. The summed E-state index contributed by atoms with van der Waals surface area (Å²) in [5, 5.41) is 9.19. The van der Waals surface area contributed by atoms with Crippen LogP contribution in [0.3, 0.4) is 0 Å². The highest BCUT2D eigenvalue weighted by Crippen LogP contribution is 2.34. The van der Waals surface area contributed by atoms with Crippen molar-refractivity contribution in [3.8, 4) is 12.3 Å². The lowest BCUT2D eigenvalue weighted by atomic mass is 9.74. The Morgan fingerprint density at radius 1 is 1.53 bits per heavy atom. The van der Waals surface area contributed by atoms with Crippen LogP contribution in [0.1, 0.15) is 33.1 Å². The van der Waals surface area contributed by atoms with Gasteiger partial charge in [-0.1, -0.05) is 5.92 Å². The van der Waals surface area contributed by atoms with Crippen molar-refractivity contribution in [2.24, 2.45) is 11.3 Å². The van der Waals surface area contributed by atoms with Crippen LogP contribution in [0.25, 0.3) is 0 Å². The largest absolute Gasteiger partial charge is 0.481 e. The predicted octanol–water partition coefficient (Wildman–Crippen LogP) is 1.36. The number of likely N-dealkylation sites (tertiary alicyclic amines) is 1. The Bertz CT molecular complexity index is 354. The topological polar surface area (TPSA) is 57.6 Å². The highest BCUT2D eigenvalue weighted by atomic mass is 16.4. The summed E-state index contributed by atoms with van der Waals surface area (Å²) in [4.78, 5) is 24.6. The molecule has 0 saturated carbocycles. The Morgan fingerprint density at radius 3 is 2.71 bits per heavy atom. The monoisotopic (exact) mass is 237 g/mol. The number of hydrogen-bond acceptors (Lipinski definition) is 2. The van der Waals surface area contributed by atoms with Crippen LogP contribution < -0.4 is 0 Å². The second kappa shape index (κ2) is 5.22. The first-order valence-electron chi connectivity index (χ1n) is 5.84. The van der Waals surface area contributed by atoms with Gasteiger partial charge >= 0.3 is 5.97 Å². The standard InChI is InChI=1S/C13H19NO3/c1-4-6-11(15)14-8-5-7-10(9-14)13(2,3)12(16)17/h1,10H,5-9H2,2-3H3,(H,16,17). The minimum Gasteiger partial charge on any atom is -0.481 e. The van der Waals surface area contributed by atoms with Crippen LogP contribution >= 0.6 is 0 Å². The lowest BCUT2D eigenvalue weighted by molar-refractivity contribution is -0.153. The van der Waals surface area contributed by atoms with Crippen molar-refractivity contribution in [1.29, 1.82) is 0 Å². The number of terminal acetylenes is 1. The van der Waals surface area contributed by atoms with Gasteiger partial charge in [0.15, 0.2) is 0 Å². The minimum absolute atomic E-state index is 0.00419. The molecule has 1 aliphatic rings. The maximum absolute atomic E-state index is 11.7. The molecule has 0 aliphatic carbocycles. The third kappa shape index (κ3) is 3.00. The van der Waals surface area contributed by atoms with Crippen LogP contribution in [0, 0.1) is 23.7 Å². The average Bonchev–Trinajstić information content (AvgIpc) is 2.29. The molecule has 0 radical (unpaired) electrons. The summed E-state index contributed by atoms with van der Waals surface area (Å²) in [6.07, 6.45) is 6.90. The number of rotatable bonds is 3. The second-order valence-corrected chi connectivity index (χ2v) is 5.09. The Hall–Kier alpha value is -1.50. The van der Waals surface area contributed by atoms with E-state index >= 15 is 0 Å². The van der Waals surface area contributed by atoms with Crippen molar-refractivity contribution < 1.29 is 14.7 Å². The zero-order valence-corrected chi connectivity index (χ0v) is 10.4. The molecule has 0 aromatic rings. The summed E-state index contributed by atoms with van der Waals surface area (Å²) < 4.78 is 0. The molecule has 17 heavy (non-hydrogen) atoms. The first-order valence-corrected chi connectivity index (χ1v) is 5.84. The summed E-state index contributed by atoms with van der Waals surface area (Å²) in [6, 6.07) is 0. The first-order chi connectivity index (χ1) is 7.89. The molecule has 1 aliphatic heterocycles. The Labute approximate surface area is 102 Å². The molecule has 0 aromatic heterocycles. The van der Waals surface area contributed by atoms with Gasteiger partial charge in [0.05, 0.1) is 11.8 Å². The normalized spacial score (nSPS) is 20.8.